The average molecular weight is 385 g/mol. The number of carbonyl (C=O) groups excluding carboxylic acids is 1. The number of hydrogen-bond acceptors (Lipinski definition) is 4. The molecule has 112 valence electrons. The number of nitrogens with one attached hydrogen (secondary N) is 1. The van der Waals surface area contributed by atoms with Crippen LogP contribution in [0, 0.1) is 0 Å². The van der Waals surface area contributed by atoms with Crippen molar-refractivity contribution in [3.63, 3.8) is 0 Å². The molecule has 1 N–H and O–H groups in total. The van der Waals surface area contributed by atoms with Crippen LogP contribution in [0.2, 0.25) is 0 Å². The standard InChI is InChI=1S/C12H15BrClNO4S/c1-19-5-3-2-4-15-12(16)9-6-10(13)8-11(7-9)20(14,17)18/h6-8H,2-5H2,1H3,(H,15,16). The maximum Gasteiger partial charge on any atom is 0.261 e. The van der Waals surface area contributed by atoms with E-state index in [-0.39, 0.29) is 16.4 Å². The number of rotatable bonds is 7. The van der Waals surface area contributed by atoms with Crippen LogP contribution in [-0.4, -0.2) is 34.6 Å². The van der Waals surface area contributed by atoms with Gasteiger partial charge in [0.05, 0.1) is 4.90 Å². The van der Waals surface area contributed by atoms with Crippen LogP contribution in [0.5, 0.6) is 0 Å². The minimum atomic E-state index is -3.87. The Balaban J connectivity index is 2.71. The van der Waals surface area contributed by atoms with Gasteiger partial charge >= 0.3 is 0 Å². The van der Waals surface area contributed by atoms with Crippen molar-refractivity contribution in [3.05, 3.63) is 28.2 Å². The van der Waals surface area contributed by atoms with Crippen LogP contribution < -0.4 is 5.32 Å². The molecule has 1 aromatic rings. The van der Waals surface area contributed by atoms with Gasteiger partial charge in [-0.1, -0.05) is 15.9 Å². The molecule has 0 heterocycles. The van der Waals surface area contributed by atoms with Gasteiger partial charge in [0.2, 0.25) is 0 Å². The molecule has 0 saturated heterocycles. The van der Waals surface area contributed by atoms with Gasteiger partial charge in [0.1, 0.15) is 0 Å². The molecule has 20 heavy (non-hydrogen) atoms. The second-order valence-electron chi connectivity index (χ2n) is 4.07. The molecule has 0 radical (unpaired) electrons. The highest BCUT2D eigenvalue weighted by atomic mass is 79.9. The van der Waals surface area contributed by atoms with Crippen LogP contribution in [0.15, 0.2) is 27.6 Å². The summed E-state index contributed by atoms with van der Waals surface area (Å²) in [6, 6.07) is 4.13. The topological polar surface area (TPSA) is 72.5 Å². The molecule has 0 aliphatic carbocycles. The Morgan fingerprint density at radius 2 is 2.05 bits per heavy atom. The third-order valence-electron chi connectivity index (χ3n) is 2.48. The van der Waals surface area contributed by atoms with Crippen molar-refractivity contribution in [3.8, 4) is 0 Å². The average Bonchev–Trinajstić information content (AvgIpc) is 2.36. The summed E-state index contributed by atoms with van der Waals surface area (Å²) in [5.74, 6) is -0.342. The Labute approximate surface area is 131 Å². The summed E-state index contributed by atoms with van der Waals surface area (Å²) in [6.45, 7) is 1.14. The Hall–Kier alpha value is -0.630. The number of halogens is 2. The van der Waals surface area contributed by atoms with Crippen molar-refractivity contribution in [2.24, 2.45) is 0 Å². The Morgan fingerprint density at radius 3 is 2.65 bits per heavy atom. The fourth-order valence-electron chi connectivity index (χ4n) is 1.51. The molecule has 0 aliphatic rings. The highest BCUT2D eigenvalue weighted by Gasteiger charge is 2.15. The van der Waals surface area contributed by atoms with E-state index >= 15 is 0 Å². The van der Waals surface area contributed by atoms with E-state index < -0.39 is 9.05 Å². The van der Waals surface area contributed by atoms with E-state index in [2.05, 4.69) is 21.2 Å². The number of unbranched alkanes of at least 4 members (excludes halogenated alkanes) is 1. The lowest BCUT2D eigenvalue weighted by Gasteiger charge is -2.07. The molecule has 0 aliphatic heterocycles. The zero-order valence-corrected chi connectivity index (χ0v) is 14.0. The van der Waals surface area contributed by atoms with Gasteiger partial charge in [-0.2, -0.15) is 0 Å². The first kappa shape index (κ1) is 17.4. The van der Waals surface area contributed by atoms with Gasteiger partial charge in [0, 0.05) is 41.0 Å². The number of amides is 1. The summed E-state index contributed by atoms with van der Waals surface area (Å²) in [7, 11) is 3.03. The lowest BCUT2D eigenvalue weighted by Crippen LogP contribution is -2.24. The van der Waals surface area contributed by atoms with Gasteiger partial charge in [-0.15, -0.1) is 0 Å². The monoisotopic (exact) mass is 383 g/mol. The molecule has 0 saturated carbocycles. The second-order valence-corrected chi connectivity index (χ2v) is 7.55. The first-order chi connectivity index (χ1) is 9.34. The van der Waals surface area contributed by atoms with Gasteiger partial charge in [-0.3, -0.25) is 4.79 Å². The molecule has 0 bridgehead atoms. The molecule has 1 rings (SSSR count). The Kier molecular flexibility index (Phi) is 6.94. The van der Waals surface area contributed by atoms with E-state index in [1.165, 1.54) is 18.2 Å². The fourth-order valence-corrected chi connectivity index (χ4v) is 2.96. The van der Waals surface area contributed by atoms with Crippen molar-refractivity contribution in [1.29, 1.82) is 0 Å². The second kappa shape index (κ2) is 7.97. The highest BCUT2D eigenvalue weighted by molar-refractivity contribution is 9.10. The van der Waals surface area contributed by atoms with Crippen LogP contribution in [0.3, 0.4) is 0 Å². The third kappa shape index (κ3) is 5.78. The van der Waals surface area contributed by atoms with E-state index in [9.17, 15) is 13.2 Å². The summed E-state index contributed by atoms with van der Waals surface area (Å²) in [5.41, 5.74) is 0.241. The summed E-state index contributed by atoms with van der Waals surface area (Å²) < 4.78 is 28.0. The Morgan fingerprint density at radius 1 is 1.35 bits per heavy atom. The smallest absolute Gasteiger partial charge is 0.261 e. The van der Waals surface area contributed by atoms with Gasteiger partial charge in [0.25, 0.3) is 15.0 Å². The molecule has 1 amide bonds. The van der Waals surface area contributed by atoms with E-state index in [4.69, 9.17) is 15.4 Å². The molecule has 5 nitrogen and oxygen atoms in total. The predicted octanol–water partition coefficient (Wildman–Crippen LogP) is 2.53. The van der Waals surface area contributed by atoms with Crippen LogP contribution in [0.1, 0.15) is 23.2 Å². The van der Waals surface area contributed by atoms with Crippen molar-refractivity contribution in [1.82, 2.24) is 5.32 Å². The molecule has 0 unspecified atom stereocenters. The SMILES string of the molecule is COCCCCNC(=O)c1cc(Br)cc(S(=O)(=O)Cl)c1. The number of benzene rings is 1. The minimum Gasteiger partial charge on any atom is -0.385 e. The van der Waals surface area contributed by atoms with E-state index in [0.717, 1.165) is 12.8 Å². The quantitative estimate of drug-likeness (QED) is 0.579. The zero-order valence-electron chi connectivity index (χ0n) is 10.9. The summed E-state index contributed by atoms with van der Waals surface area (Å²) in [6.07, 6.45) is 1.63. The minimum absolute atomic E-state index is 0.113. The molecule has 0 fully saturated rings. The highest BCUT2D eigenvalue weighted by Crippen LogP contribution is 2.22. The van der Waals surface area contributed by atoms with E-state index in [0.29, 0.717) is 17.6 Å². The largest absolute Gasteiger partial charge is 0.385 e. The molecule has 1 aromatic carbocycles. The summed E-state index contributed by atoms with van der Waals surface area (Å²) in [4.78, 5) is 11.8. The third-order valence-corrected chi connectivity index (χ3v) is 4.27. The first-order valence-corrected chi connectivity index (χ1v) is 8.97. The van der Waals surface area contributed by atoms with Crippen molar-refractivity contribution < 1.29 is 17.9 Å². The molecule has 0 spiro atoms. The predicted molar refractivity (Wildman–Crippen MR) is 80.6 cm³/mol. The van der Waals surface area contributed by atoms with Crippen LogP contribution >= 0.6 is 26.6 Å². The maximum atomic E-state index is 11.9. The van der Waals surface area contributed by atoms with Crippen molar-refractivity contribution >= 4 is 41.6 Å². The fraction of sp³-hybridized carbons (Fsp3) is 0.417. The molecular weight excluding hydrogens is 370 g/mol. The van der Waals surface area contributed by atoms with Gasteiger partial charge < -0.3 is 10.1 Å². The number of hydrogen-bond donors (Lipinski definition) is 1. The number of methoxy groups -OCH3 is 1. The molecule has 0 atom stereocenters. The van der Waals surface area contributed by atoms with Gasteiger partial charge in [-0.25, -0.2) is 8.42 Å². The lowest BCUT2D eigenvalue weighted by atomic mass is 10.2. The molecule has 0 aromatic heterocycles. The van der Waals surface area contributed by atoms with Crippen LogP contribution in [0.4, 0.5) is 0 Å². The molecule has 8 heteroatoms. The number of carbonyl (C=O) groups is 1. The zero-order chi connectivity index (χ0) is 15.2. The van der Waals surface area contributed by atoms with Gasteiger partial charge in [-0.05, 0) is 31.0 Å². The summed E-state index contributed by atoms with van der Waals surface area (Å²) >= 11 is 3.16. The number of ether oxygens (including phenoxy) is 1. The maximum absolute atomic E-state index is 11.9. The van der Waals surface area contributed by atoms with E-state index in [1.54, 1.807) is 7.11 Å². The lowest BCUT2D eigenvalue weighted by molar-refractivity contribution is 0.0951. The summed E-state index contributed by atoms with van der Waals surface area (Å²) in [5, 5.41) is 2.71. The normalized spacial score (nSPS) is 11.3. The van der Waals surface area contributed by atoms with Crippen molar-refractivity contribution in [2.75, 3.05) is 20.3 Å². The van der Waals surface area contributed by atoms with Gasteiger partial charge in [0.15, 0.2) is 0 Å². The Bertz CT molecular complexity index is 577. The first-order valence-electron chi connectivity index (χ1n) is 5.87. The van der Waals surface area contributed by atoms with Crippen LogP contribution in [-0.2, 0) is 13.8 Å². The van der Waals surface area contributed by atoms with Crippen molar-refractivity contribution in [2.45, 2.75) is 17.7 Å². The van der Waals surface area contributed by atoms with Crippen LogP contribution in [0.25, 0.3) is 0 Å². The van der Waals surface area contributed by atoms with E-state index in [1.807, 2.05) is 0 Å². The molecular formula is C12H15BrClNO4S.